The van der Waals surface area contributed by atoms with Crippen molar-refractivity contribution in [2.45, 2.75) is 11.7 Å². The minimum Gasteiger partial charge on any atom is -0.324 e. The lowest BCUT2D eigenvalue weighted by Gasteiger charge is -2.09. The third kappa shape index (κ3) is 3.79. The molecule has 0 unspecified atom stereocenters. The number of imidazole rings is 1. The van der Waals surface area contributed by atoms with Gasteiger partial charge in [-0.1, -0.05) is 35.5 Å². The number of alkyl halides is 2. The molecular weight excluding hydrogens is 382 g/mol. The quantitative estimate of drug-likeness (QED) is 0.639. The van der Waals surface area contributed by atoms with E-state index in [9.17, 15) is 13.6 Å². The molecule has 0 bridgehead atoms. The number of anilines is 1. The summed E-state index contributed by atoms with van der Waals surface area (Å²) in [5.41, 5.74) is 1.25. The molecule has 3 aromatic rings. The lowest BCUT2D eigenvalue weighted by atomic mass is 10.2. The van der Waals surface area contributed by atoms with Gasteiger partial charge in [0, 0.05) is 5.02 Å². The van der Waals surface area contributed by atoms with E-state index in [1.165, 1.54) is 18.2 Å². The van der Waals surface area contributed by atoms with Crippen molar-refractivity contribution < 1.29 is 13.6 Å². The third-order valence-corrected chi connectivity index (χ3v) is 4.65. The summed E-state index contributed by atoms with van der Waals surface area (Å²) in [5, 5.41) is 12.0. The first-order valence-corrected chi connectivity index (χ1v) is 8.73. The lowest BCUT2D eigenvalue weighted by Crippen LogP contribution is -2.15. The van der Waals surface area contributed by atoms with Crippen LogP contribution in [0, 0.1) is 11.3 Å². The smallest absolute Gasteiger partial charge is 0.321 e. The predicted octanol–water partition coefficient (Wildman–Crippen LogP) is 4.69. The molecule has 3 rings (SSSR count). The summed E-state index contributed by atoms with van der Waals surface area (Å²) < 4.78 is 27.5. The zero-order chi connectivity index (χ0) is 18.7. The number of nitrogens with one attached hydrogen (secondary N) is 1. The van der Waals surface area contributed by atoms with Crippen molar-refractivity contribution in [3.63, 3.8) is 0 Å². The second-order valence-electron chi connectivity index (χ2n) is 5.17. The molecule has 1 heterocycles. The summed E-state index contributed by atoms with van der Waals surface area (Å²) in [6, 6.07) is 13.0. The molecule has 1 N–H and O–H groups in total. The largest absolute Gasteiger partial charge is 0.324 e. The first-order chi connectivity index (χ1) is 12.5. The Hall–Kier alpha value is -2.63. The van der Waals surface area contributed by atoms with Gasteiger partial charge in [-0.2, -0.15) is 14.0 Å². The topological polar surface area (TPSA) is 70.7 Å². The van der Waals surface area contributed by atoms with Gasteiger partial charge in [0.25, 0.3) is 0 Å². The normalized spacial score (nSPS) is 10.9. The van der Waals surface area contributed by atoms with E-state index in [4.69, 9.17) is 16.9 Å². The van der Waals surface area contributed by atoms with Gasteiger partial charge in [-0.15, -0.1) is 0 Å². The molecule has 0 atom stereocenters. The molecule has 0 radical (unpaired) electrons. The summed E-state index contributed by atoms with van der Waals surface area (Å²) in [7, 11) is 0. The molecule has 0 aliphatic carbocycles. The highest BCUT2D eigenvalue weighted by atomic mass is 35.5. The average molecular weight is 393 g/mol. The van der Waals surface area contributed by atoms with Gasteiger partial charge in [0.15, 0.2) is 5.16 Å². The average Bonchev–Trinajstić information content (AvgIpc) is 2.99. The fraction of sp³-hybridized carbons (Fsp3) is 0.118. The van der Waals surface area contributed by atoms with Crippen molar-refractivity contribution in [3.8, 4) is 6.07 Å². The van der Waals surface area contributed by atoms with Crippen LogP contribution in [0.25, 0.3) is 11.0 Å². The number of benzene rings is 2. The number of hydrogen-bond donors (Lipinski definition) is 1. The van der Waals surface area contributed by atoms with Crippen molar-refractivity contribution in [1.29, 1.82) is 5.26 Å². The maximum atomic E-state index is 13.4. The van der Waals surface area contributed by atoms with Crippen LogP contribution in [0.5, 0.6) is 0 Å². The molecule has 26 heavy (non-hydrogen) atoms. The van der Waals surface area contributed by atoms with Crippen molar-refractivity contribution in [3.05, 3.63) is 53.1 Å². The van der Waals surface area contributed by atoms with Gasteiger partial charge in [-0.3, -0.25) is 9.36 Å². The highest BCUT2D eigenvalue weighted by Crippen LogP contribution is 2.29. The van der Waals surface area contributed by atoms with Crippen LogP contribution < -0.4 is 5.32 Å². The van der Waals surface area contributed by atoms with Crippen molar-refractivity contribution in [1.82, 2.24) is 9.55 Å². The number of nitrogens with zero attached hydrogens (tertiary/aromatic N) is 3. The summed E-state index contributed by atoms with van der Waals surface area (Å²) >= 11 is 6.76. The van der Waals surface area contributed by atoms with Gasteiger partial charge >= 0.3 is 6.55 Å². The number of hydrogen-bond acceptors (Lipinski definition) is 4. The minimum atomic E-state index is -2.77. The molecule has 132 valence electrons. The van der Waals surface area contributed by atoms with Gasteiger partial charge < -0.3 is 5.32 Å². The number of aromatic nitrogens is 2. The maximum Gasteiger partial charge on any atom is 0.321 e. The van der Waals surface area contributed by atoms with Crippen LogP contribution in [0.3, 0.4) is 0 Å². The Morgan fingerprint density at radius 2 is 2.12 bits per heavy atom. The van der Waals surface area contributed by atoms with E-state index in [1.807, 2.05) is 6.07 Å². The molecule has 0 saturated heterocycles. The first kappa shape index (κ1) is 18.2. The molecule has 9 heteroatoms. The number of carbonyl (C=O) groups excluding carboxylic acids is 1. The zero-order valence-corrected chi connectivity index (χ0v) is 14.7. The predicted molar refractivity (Wildman–Crippen MR) is 96.5 cm³/mol. The minimum absolute atomic E-state index is 0.0444. The van der Waals surface area contributed by atoms with Gasteiger partial charge in [0.2, 0.25) is 5.91 Å². The van der Waals surface area contributed by atoms with Crippen LogP contribution in [0.1, 0.15) is 12.1 Å². The van der Waals surface area contributed by atoms with E-state index in [1.54, 1.807) is 24.3 Å². The van der Waals surface area contributed by atoms with Crippen molar-refractivity contribution >= 4 is 46.0 Å². The fourth-order valence-corrected chi connectivity index (χ4v) is 3.33. The van der Waals surface area contributed by atoms with Crippen LogP contribution in [-0.4, -0.2) is 21.2 Å². The number of nitriles is 1. The van der Waals surface area contributed by atoms with Crippen LogP contribution in [0.15, 0.2) is 47.6 Å². The van der Waals surface area contributed by atoms with Gasteiger partial charge in [-0.25, -0.2) is 4.98 Å². The Bertz CT molecular complexity index is 1020. The second kappa shape index (κ2) is 7.72. The zero-order valence-electron chi connectivity index (χ0n) is 13.1. The molecule has 1 amide bonds. The molecule has 0 spiro atoms. The maximum absolute atomic E-state index is 13.4. The van der Waals surface area contributed by atoms with E-state index in [2.05, 4.69) is 10.3 Å². The lowest BCUT2D eigenvalue weighted by molar-refractivity contribution is -0.113. The van der Waals surface area contributed by atoms with Gasteiger partial charge in [0.05, 0.1) is 28.0 Å². The number of rotatable bonds is 5. The summed E-state index contributed by atoms with van der Waals surface area (Å²) in [6.07, 6.45) is 0. The van der Waals surface area contributed by atoms with Crippen LogP contribution >= 0.6 is 23.4 Å². The number of carbonyl (C=O) groups is 1. The SMILES string of the molecule is N#Cc1ccc(Cl)cc1NC(=O)CSc1nc2ccccc2n1C(F)F. The monoisotopic (exact) mass is 392 g/mol. The summed E-state index contributed by atoms with van der Waals surface area (Å²) in [4.78, 5) is 16.3. The number of amides is 1. The Balaban J connectivity index is 1.76. The summed E-state index contributed by atoms with van der Waals surface area (Å²) in [6.45, 7) is -2.77. The van der Waals surface area contributed by atoms with E-state index in [0.29, 0.717) is 16.1 Å². The molecule has 1 aromatic heterocycles. The van der Waals surface area contributed by atoms with Crippen LogP contribution in [-0.2, 0) is 4.79 Å². The van der Waals surface area contributed by atoms with Crippen molar-refractivity contribution in [2.75, 3.05) is 11.1 Å². The molecule has 0 aliphatic heterocycles. The molecule has 2 aromatic carbocycles. The Morgan fingerprint density at radius 1 is 1.35 bits per heavy atom. The van der Waals surface area contributed by atoms with E-state index in [0.717, 1.165) is 16.3 Å². The second-order valence-corrected chi connectivity index (χ2v) is 6.55. The molecule has 5 nitrogen and oxygen atoms in total. The van der Waals surface area contributed by atoms with E-state index in [-0.39, 0.29) is 22.2 Å². The Labute approximate surface area is 156 Å². The fourth-order valence-electron chi connectivity index (χ4n) is 2.35. The first-order valence-electron chi connectivity index (χ1n) is 7.37. The molecule has 0 aliphatic rings. The van der Waals surface area contributed by atoms with E-state index >= 15 is 0 Å². The van der Waals surface area contributed by atoms with Gasteiger partial charge in [0.1, 0.15) is 6.07 Å². The van der Waals surface area contributed by atoms with Crippen molar-refractivity contribution in [2.24, 2.45) is 0 Å². The van der Waals surface area contributed by atoms with E-state index < -0.39 is 12.5 Å². The number of thioether (sulfide) groups is 1. The Kier molecular flexibility index (Phi) is 5.40. The number of fused-ring (bicyclic) bond motifs is 1. The summed E-state index contributed by atoms with van der Waals surface area (Å²) in [5.74, 6) is -0.602. The van der Waals surface area contributed by atoms with Crippen LogP contribution in [0.2, 0.25) is 5.02 Å². The number of halogens is 3. The van der Waals surface area contributed by atoms with Gasteiger partial charge in [-0.05, 0) is 30.3 Å². The highest BCUT2D eigenvalue weighted by molar-refractivity contribution is 7.99. The molecular formula is C17H11ClF2N4OS. The standard InChI is InChI=1S/C17H11ClF2N4OS/c18-11-6-5-10(8-21)13(7-11)22-15(25)9-26-17-23-12-3-1-2-4-14(12)24(17)16(19)20/h1-7,16H,9H2,(H,22,25). The van der Waals surface area contributed by atoms with Crippen LogP contribution in [0.4, 0.5) is 14.5 Å². The Morgan fingerprint density at radius 3 is 2.85 bits per heavy atom. The number of para-hydroxylation sites is 2. The highest BCUT2D eigenvalue weighted by Gasteiger charge is 2.19. The molecule has 0 saturated carbocycles. The molecule has 0 fully saturated rings. The third-order valence-electron chi connectivity index (χ3n) is 3.47.